The number of amides is 3. The molecule has 0 spiro atoms. The van der Waals surface area contributed by atoms with Crippen LogP contribution in [0, 0.1) is 0 Å². The number of aromatic hydroxyl groups is 1. The first-order valence-electron chi connectivity index (χ1n) is 8.58. The van der Waals surface area contributed by atoms with Crippen molar-refractivity contribution < 1.29 is 19.5 Å². The molecule has 0 unspecified atom stereocenters. The number of rotatable bonds is 3. The Kier molecular flexibility index (Phi) is 6.34. The van der Waals surface area contributed by atoms with Crippen molar-refractivity contribution in [3.8, 4) is 5.75 Å². The number of imide groups is 1. The van der Waals surface area contributed by atoms with Crippen LogP contribution in [-0.2, 0) is 9.59 Å². The number of benzene rings is 1. The quantitative estimate of drug-likeness (QED) is 0.731. The highest BCUT2D eigenvalue weighted by Crippen LogP contribution is 2.36. The molecule has 0 radical (unpaired) electrons. The van der Waals surface area contributed by atoms with E-state index in [2.05, 4.69) is 0 Å². The van der Waals surface area contributed by atoms with Gasteiger partial charge in [0, 0.05) is 13.1 Å². The van der Waals surface area contributed by atoms with E-state index in [1.807, 2.05) is 0 Å². The molecule has 2 fully saturated rings. The molecule has 1 aromatic carbocycles. The Morgan fingerprint density at radius 3 is 2.30 bits per heavy atom. The molecule has 0 aliphatic carbocycles. The van der Waals surface area contributed by atoms with Gasteiger partial charge in [0.25, 0.3) is 11.1 Å². The van der Waals surface area contributed by atoms with E-state index in [1.54, 1.807) is 4.90 Å². The minimum Gasteiger partial charge on any atom is -0.505 e. The van der Waals surface area contributed by atoms with Gasteiger partial charge in [-0.1, -0.05) is 36.0 Å². The van der Waals surface area contributed by atoms with Crippen molar-refractivity contribution in [2.24, 2.45) is 0 Å². The fraction of sp³-hybridized carbons (Fsp3) is 0.389. The molecule has 144 valence electrons. The molecule has 2 saturated heterocycles. The van der Waals surface area contributed by atoms with Crippen molar-refractivity contribution in [2.75, 3.05) is 19.6 Å². The maximum Gasteiger partial charge on any atom is 0.294 e. The third-order valence-electron chi connectivity index (χ3n) is 4.46. The van der Waals surface area contributed by atoms with Crippen molar-refractivity contribution in [3.63, 3.8) is 0 Å². The third-order valence-corrected chi connectivity index (χ3v) is 5.95. The zero-order valence-electron chi connectivity index (χ0n) is 14.4. The summed E-state index contributed by atoms with van der Waals surface area (Å²) in [6.45, 7) is 1.07. The Hall–Kier alpha value is -1.70. The molecule has 0 aromatic heterocycles. The SMILES string of the molecule is O=C(CN1C(=O)S/C(=C\c2cc(Cl)c(O)c(Cl)c2)C1=O)N1CCCCCC1. The van der Waals surface area contributed by atoms with Gasteiger partial charge in [-0.25, -0.2) is 0 Å². The first kappa shape index (κ1) is 20.0. The molecule has 2 heterocycles. The highest BCUT2D eigenvalue weighted by Gasteiger charge is 2.37. The number of carbonyl (C=O) groups excluding carboxylic acids is 3. The van der Waals surface area contributed by atoms with Crippen LogP contribution < -0.4 is 0 Å². The normalized spacial score (nSPS) is 19.7. The molecule has 0 saturated carbocycles. The second-order valence-electron chi connectivity index (χ2n) is 6.40. The lowest BCUT2D eigenvalue weighted by Gasteiger charge is -2.22. The van der Waals surface area contributed by atoms with E-state index in [9.17, 15) is 19.5 Å². The van der Waals surface area contributed by atoms with Gasteiger partial charge in [-0.05, 0) is 48.4 Å². The molecule has 27 heavy (non-hydrogen) atoms. The van der Waals surface area contributed by atoms with Crippen molar-refractivity contribution in [3.05, 3.63) is 32.6 Å². The van der Waals surface area contributed by atoms with Crippen LogP contribution in [0.25, 0.3) is 6.08 Å². The number of hydrogen-bond donors (Lipinski definition) is 1. The summed E-state index contributed by atoms with van der Waals surface area (Å²) in [6, 6.07) is 2.89. The molecule has 2 aliphatic rings. The van der Waals surface area contributed by atoms with E-state index in [-0.39, 0.29) is 33.2 Å². The van der Waals surface area contributed by atoms with Crippen molar-refractivity contribution in [1.29, 1.82) is 0 Å². The molecule has 1 aromatic rings. The number of phenolic OH excluding ortho intramolecular Hbond substituents is 1. The number of phenols is 1. The van der Waals surface area contributed by atoms with Crippen LogP contribution in [0.5, 0.6) is 5.75 Å². The lowest BCUT2D eigenvalue weighted by Crippen LogP contribution is -2.42. The van der Waals surface area contributed by atoms with Crippen LogP contribution >= 0.6 is 35.0 Å². The minimum absolute atomic E-state index is 0.0457. The lowest BCUT2D eigenvalue weighted by molar-refractivity contribution is -0.135. The van der Waals surface area contributed by atoms with Gasteiger partial charge in [0.15, 0.2) is 5.75 Å². The van der Waals surface area contributed by atoms with E-state index in [0.717, 1.165) is 42.3 Å². The number of thioether (sulfide) groups is 1. The highest BCUT2D eigenvalue weighted by atomic mass is 35.5. The Bertz CT molecular complexity index is 797. The van der Waals surface area contributed by atoms with Crippen LogP contribution in [0.15, 0.2) is 17.0 Å². The van der Waals surface area contributed by atoms with E-state index in [0.29, 0.717) is 18.7 Å². The monoisotopic (exact) mass is 428 g/mol. The second kappa shape index (κ2) is 8.54. The van der Waals surface area contributed by atoms with Crippen LogP contribution in [0.1, 0.15) is 31.2 Å². The summed E-state index contributed by atoms with van der Waals surface area (Å²) in [7, 11) is 0. The molecular weight excluding hydrogens is 411 g/mol. The number of carbonyl (C=O) groups is 3. The van der Waals surface area contributed by atoms with E-state index < -0.39 is 11.1 Å². The predicted molar refractivity (Wildman–Crippen MR) is 106 cm³/mol. The Balaban J connectivity index is 1.74. The summed E-state index contributed by atoms with van der Waals surface area (Å²) >= 11 is 12.5. The van der Waals surface area contributed by atoms with Crippen LogP contribution in [0.2, 0.25) is 10.0 Å². The van der Waals surface area contributed by atoms with Gasteiger partial charge in [0.1, 0.15) is 6.54 Å². The molecule has 3 amide bonds. The van der Waals surface area contributed by atoms with Gasteiger partial charge >= 0.3 is 0 Å². The summed E-state index contributed by atoms with van der Waals surface area (Å²) in [5, 5.41) is 9.22. The van der Waals surface area contributed by atoms with Gasteiger partial charge in [-0.3, -0.25) is 19.3 Å². The molecule has 0 atom stereocenters. The van der Waals surface area contributed by atoms with Crippen molar-refractivity contribution >= 4 is 58.1 Å². The minimum atomic E-state index is -0.520. The third kappa shape index (κ3) is 4.59. The first-order chi connectivity index (χ1) is 12.9. The molecular formula is C18H18Cl2N2O4S. The average Bonchev–Trinajstić information content (AvgIpc) is 2.84. The van der Waals surface area contributed by atoms with E-state index in [4.69, 9.17) is 23.2 Å². The van der Waals surface area contributed by atoms with Crippen LogP contribution in [0.4, 0.5) is 4.79 Å². The molecule has 3 rings (SSSR count). The molecule has 9 heteroatoms. The van der Waals surface area contributed by atoms with Gasteiger partial charge in [0.05, 0.1) is 15.0 Å². The van der Waals surface area contributed by atoms with E-state index in [1.165, 1.54) is 18.2 Å². The number of nitrogens with zero attached hydrogens (tertiary/aromatic N) is 2. The van der Waals surface area contributed by atoms with Gasteiger partial charge in [-0.2, -0.15) is 0 Å². The molecule has 6 nitrogen and oxygen atoms in total. The maximum absolute atomic E-state index is 12.6. The number of hydrogen-bond acceptors (Lipinski definition) is 5. The van der Waals surface area contributed by atoms with E-state index >= 15 is 0 Å². The molecule has 0 bridgehead atoms. The number of likely N-dealkylation sites (tertiary alicyclic amines) is 1. The van der Waals surface area contributed by atoms with Crippen molar-refractivity contribution in [2.45, 2.75) is 25.7 Å². The van der Waals surface area contributed by atoms with Gasteiger partial charge < -0.3 is 10.0 Å². The zero-order chi connectivity index (χ0) is 19.6. The molecule has 2 aliphatic heterocycles. The maximum atomic E-state index is 12.6. The van der Waals surface area contributed by atoms with Gasteiger partial charge in [0.2, 0.25) is 5.91 Å². The molecule has 1 N–H and O–H groups in total. The second-order valence-corrected chi connectivity index (χ2v) is 8.20. The summed E-state index contributed by atoms with van der Waals surface area (Å²) in [5.74, 6) is -0.976. The van der Waals surface area contributed by atoms with Gasteiger partial charge in [-0.15, -0.1) is 0 Å². The fourth-order valence-electron chi connectivity index (χ4n) is 3.01. The standard InChI is InChI=1S/C18H18Cl2N2O4S/c19-12-7-11(8-13(20)16(12)24)9-14-17(25)22(18(26)27-14)10-15(23)21-5-3-1-2-4-6-21/h7-9,24H,1-6,10H2/b14-9-. The number of halogens is 2. The largest absolute Gasteiger partial charge is 0.505 e. The zero-order valence-corrected chi connectivity index (χ0v) is 16.7. The summed E-state index contributed by atoms with van der Waals surface area (Å²) < 4.78 is 0. The highest BCUT2D eigenvalue weighted by molar-refractivity contribution is 8.18. The Labute approximate surface area is 171 Å². The summed E-state index contributed by atoms with van der Waals surface area (Å²) in [6.07, 6.45) is 5.53. The van der Waals surface area contributed by atoms with Crippen LogP contribution in [-0.4, -0.2) is 51.6 Å². The topological polar surface area (TPSA) is 77.9 Å². The predicted octanol–water partition coefficient (Wildman–Crippen LogP) is 4.14. The summed E-state index contributed by atoms with van der Waals surface area (Å²) in [5.41, 5.74) is 0.479. The fourth-order valence-corrected chi connectivity index (χ4v) is 4.35. The Morgan fingerprint density at radius 2 is 1.70 bits per heavy atom. The van der Waals surface area contributed by atoms with Crippen molar-refractivity contribution in [1.82, 2.24) is 9.80 Å². The average molecular weight is 429 g/mol. The smallest absolute Gasteiger partial charge is 0.294 e. The summed E-state index contributed by atoms with van der Waals surface area (Å²) in [4.78, 5) is 40.1. The first-order valence-corrected chi connectivity index (χ1v) is 10.1. The Morgan fingerprint density at radius 1 is 1.11 bits per heavy atom. The lowest BCUT2D eigenvalue weighted by atomic mass is 10.2. The van der Waals surface area contributed by atoms with Crippen LogP contribution in [0.3, 0.4) is 0 Å².